The van der Waals surface area contributed by atoms with Crippen molar-refractivity contribution >= 4 is 0 Å². The van der Waals surface area contributed by atoms with Gasteiger partial charge in [0.2, 0.25) is 11.8 Å². The Morgan fingerprint density at radius 2 is 1.81 bits per heavy atom. The molecule has 21 heavy (non-hydrogen) atoms. The lowest BCUT2D eigenvalue weighted by Gasteiger charge is -2.43. The third kappa shape index (κ3) is 3.46. The van der Waals surface area contributed by atoms with Crippen molar-refractivity contribution in [3.63, 3.8) is 0 Å². The lowest BCUT2D eigenvalue weighted by atomic mass is 9.91. The second kappa shape index (κ2) is 6.44. The van der Waals surface area contributed by atoms with Gasteiger partial charge in [0.15, 0.2) is 0 Å². The zero-order chi connectivity index (χ0) is 14.8. The van der Waals surface area contributed by atoms with E-state index in [9.17, 15) is 0 Å². The molecule has 0 unspecified atom stereocenters. The van der Waals surface area contributed by atoms with E-state index >= 15 is 0 Å². The summed E-state index contributed by atoms with van der Waals surface area (Å²) in [6, 6.07) is 1.10. The molecule has 0 aromatic carbocycles. The molecule has 2 heterocycles. The second-order valence-corrected chi connectivity index (χ2v) is 6.96. The van der Waals surface area contributed by atoms with E-state index in [0.29, 0.717) is 5.92 Å². The summed E-state index contributed by atoms with van der Waals surface area (Å²) in [4.78, 5) is 5.13. The molecule has 118 valence electrons. The van der Waals surface area contributed by atoms with Crippen molar-refractivity contribution in [2.45, 2.75) is 58.5 Å². The lowest BCUT2D eigenvalue weighted by molar-refractivity contribution is 0.0403. The van der Waals surface area contributed by atoms with Crippen LogP contribution in [0.3, 0.4) is 0 Å². The van der Waals surface area contributed by atoms with Gasteiger partial charge in [-0.1, -0.05) is 20.3 Å². The molecule has 5 heteroatoms. The van der Waals surface area contributed by atoms with Crippen molar-refractivity contribution in [2.24, 2.45) is 5.92 Å². The molecule has 0 bridgehead atoms. The van der Waals surface area contributed by atoms with Crippen molar-refractivity contribution in [3.05, 3.63) is 11.8 Å². The van der Waals surface area contributed by atoms with Crippen LogP contribution in [-0.2, 0) is 6.42 Å². The number of nitrogens with zero attached hydrogens (tertiary/aromatic N) is 4. The first-order valence-electron chi connectivity index (χ1n) is 8.44. The Kier molecular flexibility index (Phi) is 4.60. The third-order valence-electron chi connectivity index (χ3n) is 4.91. The summed E-state index contributed by atoms with van der Waals surface area (Å²) in [7, 11) is 0. The van der Waals surface area contributed by atoms with Crippen molar-refractivity contribution in [1.82, 2.24) is 20.0 Å². The van der Waals surface area contributed by atoms with E-state index in [1.807, 2.05) is 0 Å². The normalized spacial score (nSPS) is 23.4. The summed E-state index contributed by atoms with van der Waals surface area (Å²) >= 11 is 0. The van der Waals surface area contributed by atoms with Crippen molar-refractivity contribution in [3.8, 4) is 0 Å². The molecule has 3 rings (SSSR count). The summed E-state index contributed by atoms with van der Waals surface area (Å²) in [6.45, 7) is 11.1. The molecule has 1 atom stereocenters. The topological polar surface area (TPSA) is 45.4 Å². The van der Waals surface area contributed by atoms with E-state index in [-0.39, 0.29) is 6.04 Å². The molecule has 1 aromatic heterocycles. The summed E-state index contributed by atoms with van der Waals surface area (Å²) < 4.78 is 5.84. The largest absolute Gasteiger partial charge is 0.424 e. The third-order valence-corrected chi connectivity index (χ3v) is 4.91. The molecule has 2 fully saturated rings. The first-order chi connectivity index (χ1) is 10.1. The fourth-order valence-electron chi connectivity index (χ4n) is 3.27. The first kappa shape index (κ1) is 15.0. The quantitative estimate of drug-likeness (QED) is 0.834. The summed E-state index contributed by atoms with van der Waals surface area (Å²) in [5.74, 6) is 2.11. The Morgan fingerprint density at radius 3 is 2.38 bits per heavy atom. The molecule has 2 aliphatic rings. The minimum Gasteiger partial charge on any atom is -0.424 e. The summed E-state index contributed by atoms with van der Waals surface area (Å²) in [5.41, 5.74) is 0. The Hall–Kier alpha value is -0.940. The van der Waals surface area contributed by atoms with Gasteiger partial charge < -0.3 is 4.42 Å². The second-order valence-electron chi connectivity index (χ2n) is 6.96. The van der Waals surface area contributed by atoms with Crippen LogP contribution in [0.2, 0.25) is 0 Å². The molecule has 0 amide bonds. The van der Waals surface area contributed by atoms with Gasteiger partial charge >= 0.3 is 0 Å². The van der Waals surface area contributed by atoms with E-state index in [1.54, 1.807) is 0 Å². The maximum atomic E-state index is 5.84. The molecule has 0 spiro atoms. The predicted molar refractivity (Wildman–Crippen MR) is 82.0 cm³/mol. The van der Waals surface area contributed by atoms with Crippen LogP contribution in [0.15, 0.2) is 4.42 Å². The fraction of sp³-hybridized carbons (Fsp3) is 0.875. The van der Waals surface area contributed by atoms with Crippen molar-refractivity contribution in [2.75, 3.05) is 26.2 Å². The molecule has 0 radical (unpaired) electrons. The Morgan fingerprint density at radius 1 is 1.10 bits per heavy atom. The molecule has 1 aromatic rings. The Balaban J connectivity index is 1.53. The monoisotopic (exact) mass is 292 g/mol. The summed E-state index contributed by atoms with van der Waals surface area (Å²) in [6.07, 6.45) is 5.09. The minimum absolute atomic E-state index is 0.238. The van der Waals surface area contributed by atoms with Gasteiger partial charge in [-0.25, -0.2) is 0 Å². The molecular weight excluding hydrogens is 264 g/mol. The highest BCUT2D eigenvalue weighted by Gasteiger charge is 2.30. The Labute approximate surface area is 127 Å². The predicted octanol–water partition coefficient (Wildman–Crippen LogP) is 2.50. The van der Waals surface area contributed by atoms with Gasteiger partial charge in [-0.15, -0.1) is 10.2 Å². The number of rotatable bonds is 5. The van der Waals surface area contributed by atoms with E-state index < -0.39 is 0 Å². The van der Waals surface area contributed by atoms with E-state index in [2.05, 4.69) is 40.8 Å². The standard InChI is InChI=1S/C16H28N4O/c1-12(2)11-15-17-18-16(21-15)13(3)19-7-9-20(10-8-19)14-5-4-6-14/h12-14H,4-11H2,1-3H3/t13-/m1/s1. The van der Waals surface area contributed by atoms with Gasteiger partial charge in [-0.05, 0) is 25.7 Å². The van der Waals surface area contributed by atoms with Gasteiger partial charge in [-0.3, -0.25) is 9.80 Å². The smallest absolute Gasteiger partial charge is 0.233 e. The zero-order valence-corrected chi connectivity index (χ0v) is 13.6. The highest BCUT2D eigenvalue weighted by atomic mass is 16.4. The molecule has 1 aliphatic heterocycles. The van der Waals surface area contributed by atoms with Crippen LogP contribution in [0.5, 0.6) is 0 Å². The summed E-state index contributed by atoms with van der Waals surface area (Å²) in [5, 5.41) is 8.44. The lowest BCUT2D eigenvalue weighted by Crippen LogP contribution is -2.52. The Bertz CT molecular complexity index is 447. The SMILES string of the molecule is CC(C)Cc1nnc([C@@H](C)N2CCN(C3CCC3)CC2)o1. The maximum absolute atomic E-state index is 5.84. The molecular formula is C16H28N4O. The average Bonchev–Trinajstić information content (AvgIpc) is 2.84. The van der Waals surface area contributed by atoms with E-state index in [4.69, 9.17) is 4.42 Å². The van der Waals surface area contributed by atoms with Gasteiger partial charge in [0.1, 0.15) is 0 Å². The highest BCUT2D eigenvalue weighted by molar-refractivity contribution is 4.92. The van der Waals surface area contributed by atoms with Gasteiger partial charge in [-0.2, -0.15) is 0 Å². The van der Waals surface area contributed by atoms with Crippen molar-refractivity contribution in [1.29, 1.82) is 0 Å². The van der Waals surface area contributed by atoms with Gasteiger partial charge in [0.25, 0.3) is 0 Å². The maximum Gasteiger partial charge on any atom is 0.233 e. The number of piperazine rings is 1. The average molecular weight is 292 g/mol. The van der Waals surface area contributed by atoms with Crippen molar-refractivity contribution < 1.29 is 4.42 Å². The van der Waals surface area contributed by atoms with Crippen LogP contribution >= 0.6 is 0 Å². The highest BCUT2D eigenvalue weighted by Crippen LogP contribution is 2.27. The van der Waals surface area contributed by atoms with E-state index in [0.717, 1.165) is 37.3 Å². The molecule has 1 saturated carbocycles. The van der Waals surface area contributed by atoms with Crippen LogP contribution in [-0.4, -0.2) is 52.2 Å². The van der Waals surface area contributed by atoms with Gasteiger partial charge in [0.05, 0.1) is 6.04 Å². The zero-order valence-electron chi connectivity index (χ0n) is 13.6. The van der Waals surface area contributed by atoms with Crippen LogP contribution in [0, 0.1) is 5.92 Å². The van der Waals surface area contributed by atoms with Crippen LogP contribution in [0.1, 0.15) is 57.9 Å². The molecule has 0 N–H and O–H groups in total. The number of aromatic nitrogens is 2. The fourth-order valence-corrected chi connectivity index (χ4v) is 3.27. The molecule has 1 aliphatic carbocycles. The van der Waals surface area contributed by atoms with Crippen LogP contribution < -0.4 is 0 Å². The van der Waals surface area contributed by atoms with E-state index in [1.165, 1.54) is 32.4 Å². The first-order valence-corrected chi connectivity index (χ1v) is 8.44. The van der Waals surface area contributed by atoms with Crippen LogP contribution in [0.4, 0.5) is 0 Å². The molecule has 5 nitrogen and oxygen atoms in total. The van der Waals surface area contributed by atoms with Crippen LogP contribution in [0.25, 0.3) is 0 Å². The number of hydrogen-bond donors (Lipinski definition) is 0. The van der Waals surface area contributed by atoms with Gasteiger partial charge in [0, 0.05) is 38.6 Å². The number of hydrogen-bond acceptors (Lipinski definition) is 5. The molecule has 1 saturated heterocycles. The minimum atomic E-state index is 0.238.